The highest BCUT2D eigenvalue weighted by molar-refractivity contribution is 9.10. The first kappa shape index (κ1) is 15.9. The molecule has 0 aliphatic rings. The molecule has 112 valence electrons. The van der Waals surface area contributed by atoms with Gasteiger partial charge in [0.1, 0.15) is 0 Å². The van der Waals surface area contributed by atoms with Gasteiger partial charge in [0.2, 0.25) is 10.0 Å². The van der Waals surface area contributed by atoms with Gasteiger partial charge in [-0.1, -0.05) is 6.92 Å². The van der Waals surface area contributed by atoms with Gasteiger partial charge in [-0.15, -0.1) is 0 Å². The maximum atomic E-state index is 12.8. The Kier molecular flexibility index (Phi) is 4.97. The molecule has 0 unspecified atom stereocenters. The van der Waals surface area contributed by atoms with Crippen molar-refractivity contribution in [3.8, 4) is 0 Å². The SMILES string of the molecule is CCN(Cc1ccncc1)S(=O)(=O)c1cc(N)ccc1Br. The highest BCUT2D eigenvalue weighted by Gasteiger charge is 2.25. The van der Waals surface area contributed by atoms with Gasteiger partial charge in [-0.05, 0) is 51.8 Å². The van der Waals surface area contributed by atoms with Crippen molar-refractivity contribution in [2.75, 3.05) is 12.3 Å². The second-order valence-corrected chi connectivity index (χ2v) is 7.24. The lowest BCUT2D eigenvalue weighted by atomic mass is 10.3. The molecule has 2 N–H and O–H groups in total. The standard InChI is InChI=1S/C14H16BrN3O2S/c1-2-18(10-11-5-7-17-8-6-11)21(19,20)14-9-12(16)3-4-13(14)15/h3-9H,2,10,16H2,1H3. The highest BCUT2D eigenvalue weighted by atomic mass is 79.9. The topological polar surface area (TPSA) is 76.3 Å². The minimum atomic E-state index is -3.62. The Hall–Kier alpha value is -1.44. The Morgan fingerprint density at radius 1 is 1.24 bits per heavy atom. The maximum Gasteiger partial charge on any atom is 0.244 e. The molecule has 2 aromatic rings. The molecule has 0 aliphatic heterocycles. The predicted octanol–water partition coefficient (Wildman–Crippen LogP) is 2.64. The van der Waals surface area contributed by atoms with Crippen LogP contribution in [-0.2, 0) is 16.6 Å². The van der Waals surface area contributed by atoms with Gasteiger partial charge in [0.25, 0.3) is 0 Å². The number of pyridine rings is 1. The molecule has 1 aromatic heterocycles. The molecule has 7 heteroatoms. The third kappa shape index (κ3) is 3.61. The van der Waals surface area contributed by atoms with Gasteiger partial charge in [0, 0.05) is 35.6 Å². The molecule has 0 saturated carbocycles. The van der Waals surface area contributed by atoms with E-state index in [1.165, 1.54) is 10.4 Å². The summed E-state index contributed by atoms with van der Waals surface area (Å²) in [6, 6.07) is 8.36. The van der Waals surface area contributed by atoms with E-state index in [4.69, 9.17) is 5.73 Å². The Balaban J connectivity index is 2.38. The first-order valence-electron chi connectivity index (χ1n) is 6.39. The molecule has 0 spiro atoms. The lowest BCUT2D eigenvalue weighted by Gasteiger charge is -2.21. The van der Waals surface area contributed by atoms with Gasteiger partial charge in [0.15, 0.2) is 0 Å². The molecule has 21 heavy (non-hydrogen) atoms. The average Bonchev–Trinajstić information content (AvgIpc) is 2.48. The zero-order valence-corrected chi connectivity index (χ0v) is 13.9. The van der Waals surface area contributed by atoms with Crippen LogP contribution in [0.3, 0.4) is 0 Å². The summed E-state index contributed by atoms with van der Waals surface area (Å²) in [6.07, 6.45) is 3.29. The summed E-state index contributed by atoms with van der Waals surface area (Å²) in [5, 5.41) is 0. The smallest absolute Gasteiger partial charge is 0.244 e. The van der Waals surface area contributed by atoms with E-state index in [0.717, 1.165) is 5.56 Å². The number of aromatic nitrogens is 1. The highest BCUT2D eigenvalue weighted by Crippen LogP contribution is 2.27. The summed E-state index contributed by atoms with van der Waals surface area (Å²) < 4.78 is 27.4. The third-order valence-electron chi connectivity index (χ3n) is 3.03. The van der Waals surface area contributed by atoms with Crippen LogP contribution in [0, 0.1) is 0 Å². The van der Waals surface area contributed by atoms with Crippen molar-refractivity contribution in [3.63, 3.8) is 0 Å². The van der Waals surface area contributed by atoms with Crippen LogP contribution in [0.1, 0.15) is 12.5 Å². The lowest BCUT2D eigenvalue weighted by Crippen LogP contribution is -2.30. The number of anilines is 1. The molecule has 2 rings (SSSR count). The number of halogens is 1. The number of hydrogen-bond donors (Lipinski definition) is 1. The number of hydrogen-bond acceptors (Lipinski definition) is 4. The van der Waals surface area contributed by atoms with E-state index in [-0.39, 0.29) is 4.90 Å². The van der Waals surface area contributed by atoms with Crippen LogP contribution >= 0.6 is 15.9 Å². The van der Waals surface area contributed by atoms with Gasteiger partial charge in [-0.3, -0.25) is 4.98 Å². The maximum absolute atomic E-state index is 12.8. The number of nitrogens with two attached hydrogens (primary N) is 1. The van der Waals surface area contributed by atoms with Gasteiger partial charge in [0.05, 0.1) is 4.90 Å². The normalized spacial score (nSPS) is 11.8. The Morgan fingerprint density at radius 3 is 2.52 bits per heavy atom. The van der Waals surface area contributed by atoms with Crippen LogP contribution in [0.25, 0.3) is 0 Å². The monoisotopic (exact) mass is 369 g/mol. The zero-order valence-electron chi connectivity index (χ0n) is 11.5. The summed E-state index contributed by atoms with van der Waals surface area (Å²) in [5.74, 6) is 0. The van der Waals surface area contributed by atoms with E-state index in [0.29, 0.717) is 23.2 Å². The summed E-state index contributed by atoms with van der Waals surface area (Å²) in [4.78, 5) is 4.11. The summed E-state index contributed by atoms with van der Waals surface area (Å²) >= 11 is 3.28. The quantitative estimate of drug-likeness (QED) is 0.821. The molecule has 0 fully saturated rings. The van der Waals surface area contributed by atoms with Crippen molar-refractivity contribution in [1.29, 1.82) is 0 Å². The van der Waals surface area contributed by atoms with Crippen molar-refractivity contribution in [3.05, 3.63) is 52.8 Å². The van der Waals surface area contributed by atoms with Gasteiger partial charge < -0.3 is 5.73 Å². The molecule has 0 atom stereocenters. The molecule has 1 aromatic carbocycles. The Morgan fingerprint density at radius 2 is 1.90 bits per heavy atom. The van der Waals surface area contributed by atoms with Crippen molar-refractivity contribution in [2.24, 2.45) is 0 Å². The minimum Gasteiger partial charge on any atom is -0.399 e. The van der Waals surface area contributed by atoms with Crippen molar-refractivity contribution in [2.45, 2.75) is 18.4 Å². The first-order chi connectivity index (χ1) is 9.95. The van der Waals surface area contributed by atoms with E-state index in [2.05, 4.69) is 20.9 Å². The van der Waals surface area contributed by atoms with E-state index in [1.807, 2.05) is 0 Å². The first-order valence-corrected chi connectivity index (χ1v) is 8.62. The largest absolute Gasteiger partial charge is 0.399 e. The van der Waals surface area contributed by atoms with Crippen LogP contribution in [0.5, 0.6) is 0 Å². The Bertz CT molecular complexity index is 720. The Labute approximate surface area is 133 Å². The third-order valence-corrected chi connectivity index (χ3v) is 5.95. The fraction of sp³-hybridized carbons (Fsp3) is 0.214. The minimum absolute atomic E-state index is 0.179. The fourth-order valence-electron chi connectivity index (χ4n) is 1.92. The number of benzene rings is 1. The number of rotatable bonds is 5. The molecular weight excluding hydrogens is 354 g/mol. The molecular formula is C14H16BrN3O2S. The number of nitrogen functional groups attached to an aromatic ring is 1. The van der Waals surface area contributed by atoms with Crippen LogP contribution in [-0.4, -0.2) is 24.3 Å². The lowest BCUT2D eigenvalue weighted by molar-refractivity contribution is 0.423. The molecule has 0 saturated heterocycles. The van der Waals surface area contributed by atoms with Crippen molar-refractivity contribution in [1.82, 2.24) is 9.29 Å². The number of sulfonamides is 1. The van der Waals surface area contributed by atoms with Crippen molar-refractivity contribution >= 4 is 31.6 Å². The van der Waals surface area contributed by atoms with E-state index < -0.39 is 10.0 Å². The van der Waals surface area contributed by atoms with Gasteiger partial charge >= 0.3 is 0 Å². The summed E-state index contributed by atoms with van der Waals surface area (Å²) in [7, 11) is -3.62. The molecule has 0 radical (unpaired) electrons. The molecule has 1 heterocycles. The zero-order chi connectivity index (χ0) is 15.5. The second-order valence-electron chi connectivity index (χ2n) is 4.48. The summed E-state index contributed by atoms with van der Waals surface area (Å²) in [5.41, 5.74) is 7.00. The fourth-order valence-corrected chi connectivity index (χ4v) is 4.31. The van der Waals surface area contributed by atoms with Crippen LogP contribution in [0.4, 0.5) is 5.69 Å². The molecule has 0 bridgehead atoms. The number of nitrogens with zero attached hydrogens (tertiary/aromatic N) is 2. The van der Waals surface area contributed by atoms with E-state index in [9.17, 15) is 8.42 Å². The van der Waals surface area contributed by atoms with Gasteiger partial charge in [-0.2, -0.15) is 4.31 Å². The average molecular weight is 370 g/mol. The van der Waals surface area contributed by atoms with Gasteiger partial charge in [-0.25, -0.2) is 8.42 Å². The van der Waals surface area contributed by atoms with Crippen LogP contribution in [0.15, 0.2) is 52.1 Å². The van der Waals surface area contributed by atoms with E-state index in [1.54, 1.807) is 43.6 Å². The second kappa shape index (κ2) is 6.55. The molecule has 0 aliphatic carbocycles. The summed E-state index contributed by atoms with van der Waals surface area (Å²) in [6.45, 7) is 2.47. The molecule has 0 amide bonds. The molecule has 5 nitrogen and oxygen atoms in total. The van der Waals surface area contributed by atoms with E-state index >= 15 is 0 Å². The van der Waals surface area contributed by atoms with Crippen LogP contribution < -0.4 is 5.73 Å². The predicted molar refractivity (Wildman–Crippen MR) is 86.1 cm³/mol. The van der Waals surface area contributed by atoms with Crippen molar-refractivity contribution < 1.29 is 8.42 Å². The van der Waals surface area contributed by atoms with Crippen LogP contribution in [0.2, 0.25) is 0 Å².